The molecule has 1 heterocycles. The maximum absolute atomic E-state index is 9.04. The first-order valence-electron chi connectivity index (χ1n) is 3.82. The summed E-state index contributed by atoms with van der Waals surface area (Å²) in [5.74, 6) is 0.571. The molecule has 0 saturated carbocycles. The monoisotopic (exact) mass is 145 g/mol. The summed E-state index contributed by atoms with van der Waals surface area (Å²) in [4.78, 5) is 0. The molecule has 10 heavy (non-hydrogen) atoms. The second-order valence-electron chi connectivity index (χ2n) is 2.93. The number of aliphatic hydroxyl groups is 2. The summed E-state index contributed by atoms with van der Waals surface area (Å²) in [6.45, 7) is 1.95. The Morgan fingerprint density at radius 3 is 2.90 bits per heavy atom. The Labute approximate surface area is 61.1 Å². The van der Waals surface area contributed by atoms with Crippen molar-refractivity contribution < 1.29 is 10.2 Å². The number of hydrogen-bond donors (Lipinski definition) is 3. The van der Waals surface area contributed by atoms with Gasteiger partial charge in [0.2, 0.25) is 0 Å². The van der Waals surface area contributed by atoms with Crippen molar-refractivity contribution in [2.45, 2.75) is 18.9 Å². The zero-order valence-electron chi connectivity index (χ0n) is 6.08. The Balaban J connectivity index is 2.11. The minimum absolute atomic E-state index is 0.101. The molecule has 1 rings (SSSR count). The summed E-state index contributed by atoms with van der Waals surface area (Å²) in [5.41, 5.74) is 0. The van der Waals surface area contributed by atoms with Crippen LogP contribution in [0.4, 0.5) is 0 Å². The van der Waals surface area contributed by atoms with Crippen molar-refractivity contribution >= 4 is 0 Å². The summed E-state index contributed by atoms with van der Waals surface area (Å²) in [7, 11) is 0. The lowest BCUT2D eigenvalue weighted by Crippen LogP contribution is -2.18. The number of rotatable bonds is 3. The van der Waals surface area contributed by atoms with Crippen molar-refractivity contribution in [2.24, 2.45) is 5.92 Å². The summed E-state index contributed by atoms with van der Waals surface area (Å²) < 4.78 is 0. The Morgan fingerprint density at radius 1 is 1.60 bits per heavy atom. The van der Waals surface area contributed by atoms with E-state index >= 15 is 0 Å². The third kappa shape index (κ3) is 2.25. The van der Waals surface area contributed by atoms with Gasteiger partial charge in [-0.25, -0.2) is 0 Å². The van der Waals surface area contributed by atoms with Gasteiger partial charge in [0.1, 0.15) is 0 Å². The lowest BCUT2D eigenvalue weighted by Gasteiger charge is -2.11. The minimum Gasteiger partial charge on any atom is -0.394 e. The summed E-state index contributed by atoms with van der Waals surface area (Å²) >= 11 is 0. The van der Waals surface area contributed by atoms with E-state index in [0.717, 1.165) is 25.9 Å². The highest BCUT2D eigenvalue weighted by Gasteiger charge is 2.17. The van der Waals surface area contributed by atoms with Crippen LogP contribution in [0.15, 0.2) is 0 Å². The summed E-state index contributed by atoms with van der Waals surface area (Å²) in [6, 6.07) is 0. The SMILES string of the molecule is OC[C@H](O)C[C@H]1CCNC1. The van der Waals surface area contributed by atoms with Crippen molar-refractivity contribution in [3.63, 3.8) is 0 Å². The predicted molar refractivity (Wildman–Crippen MR) is 38.7 cm³/mol. The van der Waals surface area contributed by atoms with E-state index in [4.69, 9.17) is 10.2 Å². The molecule has 0 unspecified atom stereocenters. The van der Waals surface area contributed by atoms with Crippen LogP contribution in [0.25, 0.3) is 0 Å². The average molecular weight is 145 g/mol. The number of nitrogens with one attached hydrogen (secondary N) is 1. The second-order valence-corrected chi connectivity index (χ2v) is 2.93. The topological polar surface area (TPSA) is 52.5 Å². The Hall–Kier alpha value is -0.120. The van der Waals surface area contributed by atoms with E-state index < -0.39 is 6.10 Å². The van der Waals surface area contributed by atoms with Crippen molar-refractivity contribution in [3.8, 4) is 0 Å². The van der Waals surface area contributed by atoms with Crippen LogP contribution >= 0.6 is 0 Å². The molecule has 1 aliphatic heterocycles. The molecule has 1 fully saturated rings. The van der Waals surface area contributed by atoms with Gasteiger partial charge in [0, 0.05) is 0 Å². The predicted octanol–water partition coefficient (Wildman–Crippen LogP) is -0.661. The fourth-order valence-corrected chi connectivity index (χ4v) is 1.37. The van der Waals surface area contributed by atoms with E-state index in [1.54, 1.807) is 0 Å². The largest absolute Gasteiger partial charge is 0.394 e. The molecule has 3 heteroatoms. The molecule has 0 radical (unpaired) electrons. The van der Waals surface area contributed by atoms with Crippen LogP contribution in [0.2, 0.25) is 0 Å². The second kappa shape index (κ2) is 3.91. The molecule has 3 N–H and O–H groups in total. The van der Waals surface area contributed by atoms with Gasteiger partial charge in [-0.05, 0) is 31.8 Å². The van der Waals surface area contributed by atoms with Gasteiger partial charge < -0.3 is 15.5 Å². The standard InChI is InChI=1S/C7H15NO2/c9-5-7(10)3-6-1-2-8-4-6/h6-10H,1-5H2/t6-,7-/m1/s1. The van der Waals surface area contributed by atoms with E-state index in [1.807, 2.05) is 0 Å². The highest BCUT2D eigenvalue weighted by atomic mass is 16.3. The minimum atomic E-state index is -0.509. The van der Waals surface area contributed by atoms with Crippen LogP contribution in [0, 0.1) is 5.92 Å². The fourth-order valence-electron chi connectivity index (χ4n) is 1.37. The first-order valence-corrected chi connectivity index (χ1v) is 3.82. The van der Waals surface area contributed by atoms with E-state index in [9.17, 15) is 0 Å². The lowest BCUT2D eigenvalue weighted by atomic mass is 10.0. The molecule has 60 valence electrons. The Bertz CT molecular complexity index is 91.6. The lowest BCUT2D eigenvalue weighted by molar-refractivity contribution is 0.0763. The first-order chi connectivity index (χ1) is 4.83. The van der Waals surface area contributed by atoms with Gasteiger partial charge in [-0.2, -0.15) is 0 Å². The normalized spacial score (nSPS) is 28.8. The van der Waals surface area contributed by atoms with E-state index in [-0.39, 0.29) is 6.61 Å². The van der Waals surface area contributed by atoms with E-state index in [2.05, 4.69) is 5.32 Å². The van der Waals surface area contributed by atoms with Crippen molar-refractivity contribution in [1.29, 1.82) is 0 Å². The molecule has 3 nitrogen and oxygen atoms in total. The maximum atomic E-state index is 9.04. The zero-order valence-corrected chi connectivity index (χ0v) is 6.08. The molecular formula is C7H15NO2. The van der Waals surface area contributed by atoms with E-state index in [0.29, 0.717) is 5.92 Å². The summed E-state index contributed by atoms with van der Waals surface area (Å²) in [5, 5.41) is 20.8. The molecule has 0 bridgehead atoms. The summed E-state index contributed by atoms with van der Waals surface area (Å²) in [6.07, 6.45) is 1.37. The smallest absolute Gasteiger partial charge is 0.0774 e. The van der Waals surface area contributed by atoms with Crippen LogP contribution < -0.4 is 5.32 Å². The molecule has 1 saturated heterocycles. The maximum Gasteiger partial charge on any atom is 0.0774 e. The fraction of sp³-hybridized carbons (Fsp3) is 1.00. The molecule has 0 aromatic heterocycles. The van der Waals surface area contributed by atoms with Crippen molar-refractivity contribution in [2.75, 3.05) is 19.7 Å². The van der Waals surface area contributed by atoms with Crippen LogP contribution in [0.3, 0.4) is 0 Å². The molecule has 1 aliphatic rings. The van der Waals surface area contributed by atoms with Gasteiger partial charge in [-0.3, -0.25) is 0 Å². The van der Waals surface area contributed by atoms with Crippen LogP contribution in [-0.4, -0.2) is 36.0 Å². The van der Waals surface area contributed by atoms with Gasteiger partial charge >= 0.3 is 0 Å². The highest BCUT2D eigenvalue weighted by molar-refractivity contribution is 4.73. The Kier molecular flexibility index (Phi) is 3.12. The van der Waals surface area contributed by atoms with Gasteiger partial charge in [0.25, 0.3) is 0 Å². The van der Waals surface area contributed by atoms with Gasteiger partial charge in [0.05, 0.1) is 12.7 Å². The van der Waals surface area contributed by atoms with Crippen molar-refractivity contribution in [3.05, 3.63) is 0 Å². The van der Waals surface area contributed by atoms with Crippen LogP contribution in [0.1, 0.15) is 12.8 Å². The average Bonchev–Trinajstić information content (AvgIpc) is 2.40. The third-order valence-electron chi connectivity index (χ3n) is 1.98. The highest BCUT2D eigenvalue weighted by Crippen LogP contribution is 2.13. The van der Waals surface area contributed by atoms with Crippen LogP contribution in [0.5, 0.6) is 0 Å². The quantitative estimate of drug-likeness (QED) is 0.494. The first kappa shape index (κ1) is 7.98. The third-order valence-corrected chi connectivity index (χ3v) is 1.98. The zero-order chi connectivity index (χ0) is 7.40. The molecule has 0 aromatic rings. The molecule has 0 amide bonds. The van der Waals surface area contributed by atoms with Crippen molar-refractivity contribution in [1.82, 2.24) is 5.32 Å². The van der Waals surface area contributed by atoms with Crippen LogP contribution in [-0.2, 0) is 0 Å². The van der Waals surface area contributed by atoms with Gasteiger partial charge in [0.15, 0.2) is 0 Å². The van der Waals surface area contributed by atoms with Gasteiger partial charge in [-0.1, -0.05) is 0 Å². The molecule has 0 aromatic carbocycles. The molecule has 2 atom stereocenters. The molecular weight excluding hydrogens is 130 g/mol. The van der Waals surface area contributed by atoms with E-state index in [1.165, 1.54) is 0 Å². The molecule has 0 aliphatic carbocycles. The van der Waals surface area contributed by atoms with Gasteiger partial charge in [-0.15, -0.1) is 0 Å². The Morgan fingerprint density at radius 2 is 2.40 bits per heavy atom. The number of aliphatic hydroxyl groups excluding tert-OH is 2. The number of hydrogen-bond acceptors (Lipinski definition) is 3. The molecule has 0 spiro atoms.